The van der Waals surface area contributed by atoms with Gasteiger partial charge in [0, 0.05) is 48.3 Å². The summed E-state index contributed by atoms with van der Waals surface area (Å²) in [7, 11) is 0.765. The van der Waals surface area contributed by atoms with Crippen LogP contribution < -0.4 is 24.4 Å². The molecule has 11 nitrogen and oxygen atoms in total. The van der Waals surface area contributed by atoms with Gasteiger partial charge >= 0.3 is 0 Å². The number of nitrogens with one attached hydrogen (secondary N) is 2. The fraction of sp³-hybridized carbons (Fsp3) is 0.450. The lowest BCUT2D eigenvalue weighted by Gasteiger charge is -2.34. The SMILES string of the molecule is COc1cc([C@@H](C(=O)NC2CCCCC2)N(C(=O)CCc2c[nH]c3ccccc23)c2ccc(S(=O)(=O)N3CCC[C@@H](C)C3)cc2)cc(OC)c1OC. The number of hydrogen-bond donors (Lipinski definition) is 2. The van der Waals surface area contributed by atoms with E-state index in [2.05, 4.69) is 17.2 Å². The molecular weight excluding hydrogens is 681 g/mol. The lowest BCUT2D eigenvalue weighted by Crippen LogP contribution is -2.47. The lowest BCUT2D eigenvalue weighted by atomic mass is 9.94. The van der Waals surface area contributed by atoms with Crippen molar-refractivity contribution in [3.8, 4) is 17.2 Å². The van der Waals surface area contributed by atoms with Gasteiger partial charge in [0.05, 0.1) is 26.2 Å². The molecule has 2 N–H and O–H groups in total. The zero-order valence-corrected chi connectivity index (χ0v) is 31.3. The van der Waals surface area contributed by atoms with Crippen molar-refractivity contribution in [1.82, 2.24) is 14.6 Å². The molecule has 1 saturated heterocycles. The van der Waals surface area contributed by atoms with Gasteiger partial charge in [-0.25, -0.2) is 8.42 Å². The first-order chi connectivity index (χ1) is 25.1. The quantitative estimate of drug-likeness (QED) is 0.155. The third-order valence-electron chi connectivity index (χ3n) is 10.4. The maximum atomic E-state index is 14.7. The molecule has 2 amide bonds. The van der Waals surface area contributed by atoms with Crippen LogP contribution in [0, 0.1) is 5.92 Å². The van der Waals surface area contributed by atoms with E-state index in [0.29, 0.717) is 48.0 Å². The van der Waals surface area contributed by atoms with Crippen LogP contribution in [0.4, 0.5) is 5.69 Å². The number of anilines is 1. The van der Waals surface area contributed by atoms with Gasteiger partial charge in [-0.1, -0.05) is 44.4 Å². The monoisotopic (exact) mass is 730 g/mol. The Labute approximate surface area is 306 Å². The van der Waals surface area contributed by atoms with Gasteiger partial charge in [0.2, 0.25) is 27.6 Å². The van der Waals surface area contributed by atoms with E-state index in [1.54, 1.807) is 24.3 Å². The third kappa shape index (κ3) is 7.92. The summed E-state index contributed by atoms with van der Waals surface area (Å²) >= 11 is 0. The minimum atomic E-state index is -3.75. The zero-order chi connectivity index (χ0) is 36.8. The number of ether oxygens (including phenoxy) is 3. The van der Waals surface area contributed by atoms with E-state index in [1.165, 1.54) is 42.7 Å². The smallest absolute Gasteiger partial charge is 0.248 e. The number of carbonyl (C=O) groups excluding carboxylic acids is 2. The minimum Gasteiger partial charge on any atom is -0.493 e. The van der Waals surface area contributed by atoms with Crippen molar-refractivity contribution in [2.45, 2.75) is 81.7 Å². The number of piperidine rings is 1. The van der Waals surface area contributed by atoms with Crippen molar-refractivity contribution in [3.05, 3.63) is 78.0 Å². The fourth-order valence-corrected chi connectivity index (χ4v) is 9.23. The number of nitrogens with zero attached hydrogens (tertiary/aromatic N) is 2. The first-order valence-electron chi connectivity index (χ1n) is 18.2. The van der Waals surface area contributed by atoms with E-state index < -0.39 is 16.1 Å². The molecule has 0 radical (unpaired) electrons. The number of rotatable bonds is 13. The van der Waals surface area contributed by atoms with Gasteiger partial charge in [-0.3, -0.25) is 14.5 Å². The summed E-state index contributed by atoms with van der Waals surface area (Å²) in [5.41, 5.74) is 2.82. The van der Waals surface area contributed by atoms with E-state index in [1.807, 2.05) is 30.5 Å². The Morgan fingerprint density at radius 2 is 1.62 bits per heavy atom. The van der Waals surface area contributed by atoms with Crippen molar-refractivity contribution < 1.29 is 32.2 Å². The minimum absolute atomic E-state index is 0.0339. The second-order valence-electron chi connectivity index (χ2n) is 13.9. The normalized spacial score (nSPS) is 17.7. The van der Waals surface area contributed by atoms with Crippen molar-refractivity contribution in [2.24, 2.45) is 5.92 Å². The van der Waals surface area contributed by atoms with Crippen LogP contribution in [0.5, 0.6) is 17.2 Å². The van der Waals surface area contributed by atoms with E-state index >= 15 is 0 Å². The molecule has 6 rings (SSSR count). The van der Waals surface area contributed by atoms with Crippen LogP contribution in [-0.2, 0) is 26.0 Å². The van der Waals surface area contributed by atoms with Gasteiger partial charge in [-0.15, -0.1) is 0 Å². The summed E-state index contributed by atoms with van der Waals surface area (Å²) < 4.78 is 45.9. The van der Waals surface area contributed by atoms with Gasteiger partial charge in [0.25, 0.3) is 0 Å². The van der Waals surface area contributed by atoms with Crippen LogP contribution in [-0.4, -0.2) is 70.0 Å². The van der Waals surface area contributed by atoms with Gasteiger partial charge in [0.15, 0.2) is 11.5 Å². The predicted molar refractivity (Wildman–Crippen MR) is 202 cm³/mol. The number of amides is 2. The Bertz CT molecular complexity index is 1950. The topological polar surface area (TPSA) is 130 Å². The first-order valence-corrected chi connectivity index (χ1v) is 19.7. The van der Waals surface area contributed by atoms with Crippen molar-refractivity contribution in [2.75, 3.05) is 39.3 Å². The molecule has 52 heavy (non-hydrogen) atoms. The van der Waals surface area contributed by atoms with Crippen LogP contribution in [0.25, 0.3) is 10.9 Å². The van der Waals surface area contributed by atoms with Crippen LogP contribution in [0.3, 0.4) is 0 Å². The predicted octanol–water partition coefficient (Wildman–Crippen LogP) is 6.77. The highest BCUT2D eigenvalue weighted by Gasteiger charge is 2.36. The maximum absolute atomic E-state index is 14.7. The molecule has 1 aliphatic heterocycles. The number of para-hydroxylation sites is 1. The molecule has 2 atom stereocenters. The van der Waals surface area contributed by atoms with Gasteiger partial charge in [-0.2, -0.15) is 4.31 Å². The Hall–Kier alpha value is -4.55. The molecule has 278 valence electrons. The Balaban J connectivity index is 1.43. The van der Waals surface area contributed by atoms with Gasteiger partial charge in [-0.05, 0) is 91.6 Å². The van der Waals surface area contributed by atoms with Crippen LogP contribution in [0.2, 0.25) is 0 Å². The largest absolute Gasteiger partial charge is 0.493 e. The summed E-state index contributed by atoms with van der Waals surface area (Å²) in [6.45, 7) is 3.00. The molecule has 0 unspecified atom stereocenters. The number of aryl methyl sites for hydroxylation is 1. The first kappa shape index (κ1) is 37.2. The fourth-order valence-electron chi connectivity index (χ4n) is 7.63. The molecule has 4 aromatic rings. The Morgan fingerprint density at radius 1 is 0.923 bits per heavy atom. The van der Waals surface area contributed by atoms with Crippen molar-refractivity contribution in [3.63, 3.8) is 0 Å². The number of methoxy groups -OCH3 is 3. The van der Waals surface area contributed by atoms with E-state index in [0.717, 1.165) is 61.4 Å². The summed E-state index contributed by atoms with van der Waals surface area (Å²) in [6.07, 6.45) is 9.07. The molecule has 12 heteroatoms. The average molecular weight is 731 g/mol. The Morgan fingerprint density at radius 3 is 2.27 bits per heavy atom. The molecule has 2 fully saturated rings. The number of fused-ring (bicyclic) bond motifs is 1. The van der Waals surface area contributed by atoms with Crippen LogP contribution >= 0.6 is 0 Å². The highest BCUT2D eigenvalue weighted by molar-refractivity contribution is 7.89. The second-order valence-corrected chi connectivity index (χ2v) is 15.9. The lowest BCUT2D eigenvalue weighted by molar-refractivity contribution is -0.127. The van der Waals surface area contributed by atoms with Crippen LogP contribution in [0.1, 0.15) is 75.5 Å². The van der Waals surface area contributed by atoms with E-state index in [9.17, 15) is 18.0 Å². The summed E-state index contributed by atoms with van der Waals surface area (Å²) in [4.78, 5) is 34.3. The molecule has 2 heterocycles. The Kier molecular flexibility index (Phi) is 11.7. The van der Waals surface area contributed by atoms with Crippen molar-refractivity contribution >= 4 is 38.4 Å². The number of benzene rings is 3. The number of sulfonamides is 1. The van der Waals surface area contributed by atoms with Crippen LogP contribution in [0.15, 0.2) is 71.8 Å². The molecule has 3 aromatic carbocycles. The molecule has 0 spiro atoms. The highest BCUT2D eigenvalue weighted by Crippen LogP contribution is 2.42. The highest BCUT2D eigenvalue weighted by atomic mass is 32.2. The van der Waals surface area contributed by atoms with E-state index in [-0.39, 0.29) is 35.1 Å². The molecule has 2 aliphatic rings. The molecular formula is C40H50N4O7S. The molecule has 0 bridgehead atoms. The molecule has 1 aromatic heterocycles. The number of carbonyl (C=O) groups is 2. The summed E-state index contributed by atoms with van der Waals surface area (Å²) in [5, 5.41) is 4.28. The molecule has 1 saturated carbocycles. The molecule has 1 aliphatic carbocycles. The zero-order valence-electron chi connectivity index (χ0n) is 30.5. The summed E-state index contributed by atoms with van der Waals surface area (Å²) in [6, 6.07) is 16.5. The number of aromatic amines is 1. The average Bonchev–Trinajstić information content (AvgIpc) is 3.58. The van der Waals surface area contributed by atoms with Gasteiger partial charge in [0.1, 0.15) is 6.04 Å². The van der Waals surface area contributed by atoms with E-state index in [4.69, 9.17) is 14.2 Å². The number of H-pyrrole nitrogens is 1. The maximum Gasteiger partial charge on any atom is 0.248 e. The standard InChI is InChI=1S/C40H50N4O7S/c1-27-11-10-22-43(26-27)52(47,48)32-19-17-31(18-20-32)44(37(45)21-16-28-25-41-34-15-9-8-14-33(28)34)38(40(46)42-30-12-6-5-7-13-30)29-23-35(49-2)39(51-4)36(24-29)50-3/h8-9,14-15,17-20,23-25,27,30,38,41H,5-7,10-13,16,21-22,26H2,1-4H3,(H,42,46)/t27-,38+/m1/s1. The second kappa shape index (κ2) is 16.4. The summed E-state index contributed by atoms with van der Waals surface area (Å²) in [5.74, 6) is 0.671. The van der Waals surface area contributed by atoms with Crippen molar-refractivity contribution in [1.29, 1.82) is 0 Å². The number of aromatic nitrogens is 1. The third-order valence-corrected chi connectivity index (χ3v) is 12.3. The number of hydrogen-bond acceptors (Lipinski definition) is 7. The van der Waals surface area contributed by atoms with Gasteiger partial charge < -0.3 is 24.5 Å².